The number of benzene rings is 1. The summed E-state index contributed by atoms with van der Waals surface area (Å²) in [5.41, 5.74) is 4.37. The Hall–Kier alpha value is -2.01. The van der Waals surface area contributed by atoms with Gasteiger partial charge in [-0.3, -0.25) is 9.88 Å². The van der Waals surface area contributed by atoms with Gasteiger partial charge in [0.15, 0.2) is 11.5 Å². The number of pyridine rings is 1. The molecule has 1 unspecified atom stereocenters. The first-order valence-electron chi connectivity index (χ1n) is 10.1. The number of aryl methyl sites for hydroxylation is 1. The van der Waals surface area contributed by atoms with Crippen molar-refractivity contribution in [3.63, 3.8) is 0 Å². The average Bonchev–Trinajstić information content (AvgIpc) is 3.39. The van der Waals surface area contributed by atoms with Gasteiger partial charge < -0.3 is 15.5 Å². The number of rotatable bonds is 3. The Labute approximate surface area is 154 Å². The maximum absolute atomic E-state index is 10.1. The highest BCUT2D eigenvalue weighted by molar-refractivity contribution is 5.96. The van der Waals surface area contributed by atoms with Crippen molar-refractivity contribution in [1.29, 1.82) is 0 Å². The highest BCUT2D eigenvalue weighted by atomic mass is 16.3. The number of hydrogen-bond acceptors (Lipinski definition) is 5. The van der Waals surface area contributed by atoms with Crippen molar-refractivity contribution in [1.82, 2.24) is 9.88 Å². The van der Waals surface area contributed by atoms with Gasteiger partial charge in [0, 0.05) is 41.5 Å². The summed E-state index contributed by atoms with van der Waals surface area (Å²) in [7, 11) is 0. The first-order chi connectivity index (χ1) is 12.7. The van der Waals surface area contributed by atoms with Crippen LogP contribution in [0.15, 0.2) is 12.1 Å². The standard InChI is InChI=1S/C21H27N3O2/c25-19-10-16-18(11-20(19)26)23-17-6-3-5-15(17)21(16)22-13-4-1-2-9-24(12-13)14-7-8-14/h10-11,13-14,25-26H,1-9,12H2,(H,22,23). The number of fused-ring (bicyclic) bond motifs is 2. The van der Waals surface area contributed by atoms with Crippen LogP contribution >= 0.6 is 0 Å². The van der Waals surface area contributed by atoms with Crippen molar-refractivity contribution >= 4 is 16.6 Å². The van der Waals surface area contributed by atoms with Gasteiger partial charge in [0.25, 0.3) is 0 Å². The molecule has 1 aromatic carbocycles. The van der Waals surface area contributed by atoms with Crippen molar-refractivity contribution in [2.75, 3.05) is 18.4 Å². The number of phenolic OH excluding ortho intramolecular Hbond substituents is 2. The zero-order chi connectivity index (χ0) is 17.7. The highest BCUT2D eigenvalue weighted by Crippen LogP contribution is 2.39. The maximum atomic E-state index is 10.1. The lowest BCUT2D eigenvalue weighted by Crippen LogP contribution is -2.36. The number of anilines is 1. The summed E-state index contributed by atoms with van der Waals surface area (Å²) in [4.78, 5) is 7.43. The molecule has 5 heteroatoms. The Morgan fingerprint density at radius 3 is 2.69 bits per heavy atom. The van der Waals surface area contributed by atoms with Crippen LogP contribution in [0.3, 0.4) is 0 Å². The predicted molar refractivity (Wildman–Crippen MR) is 103 cm³/mol. The van der Waals surface area contributed by atoms with Gasteiger partial charge in [0.05, 0.1) is 5.52 Å². The normalized spacial score (nSPS) is 23.8. The minimum atomic E-state index is -0.0942. The van der Waals surface area contributed by atoms with E-state index in [4.69, 9.17) is 4.98 Å². The van der Waals surface area contributed by atoms with E-state index in [0.29, 0.717) is 6.04 Å². The Bertz CT molecular complexity index is 847. The van der Waals surface area contributed by atoms with Crippen LogP contribution in [0.4, 0.5) is 5.69 Å². The molecule has 26 heavy (non-hydrogen) atoms. The average molecular weight is 353 g/mol. The fraction of sp³-hybridized carbons (Fsp3) is 0.571. The van der Waals surface area contributed by atoms with Crippen molar-refractivity contribution in [3.8, 4) is 11.5 Å². The van der Waals surface area contributed by atoms with Gasteiger partial charge in [-0.2, -0.15) is 0 Å². The van der Waals surface area contributed by atoms with Crippen LogP contribution in [0.1, 0.15) is 49.8 Å². The molecular weight excluding hydrogens is 326 g/mol. The Morgan fingerprint density at radius 1 is 1.00 bits per heavy atom. The zero-order valence-corrected chi connectivity index (χ0v) is 15.2. The molecule has 1 aromatic heterocycles. The van der Waals surface area contributed by atoms with Gasteiger partial charge in [-0.25, -0.2) is 0 Å². The Kier molecular flexibility index (Phi) is 3.92. The molecule has 0 spiro atoms. The lowest BCUT2D eigenvalue weighted by molar-refractivity contribution is 0.267. The molecule has 1 aliphatic heterocycles. The van der Waals surface area contributed by atoms with Gasteiger partial charge in [0.1, 0.15) is 0 Å². The smallest absolute Gasteiger partial charge is 0.159 e. The second kappa shape index (κ2) is 6.31. The topological polar surface area (TPSA) is 68.6 Å². The zero-order valence-electron chi connectivity index (χ0n) is 15.2. The van der Waals surface area contributed by atoms with Gasteiger partial charge in [-0.05, 0) is 63.1 Å². The number of aromatic nitrogens is 1. The van der Waals surface area contributed by atoms with Crippen molar-refractivity contribution in [3.05, 3.63) is 23.4 Å². The van der Waals surface area contributed by atoms with Crippen LogP contribution in [0, 0.1) is 0 Å². The molecular formula is C21H27N3O2. The van der Waals surface area contributed by atoms with Crippen molar-refractivity contribution < 1.29 is 10.2 Å². The minimum Gasteiger partial charge on any atom is -0.504 e. The fourth-order valence-electron chi connectivity index (χ4n) is 4.72. The summed E-state index contributed by atoms with van der Waals surface area (Å²) in [6.45, 7) is 2.33. The molecule has 1 atom stereocenters. The van der Waals surface area contributed by atoms with E-state index in [1.165, 1.54) is 44.2 Å². The number of phenols is 2. The van der Waals surface area contributed by atoms with Crippen LogP contribution < -0.4 is 5.32 Å². The number of aromatic hydroxyl groups is 2. The lowest BCUT2D eigenvalue weighted by Gasteiger charge is -2.27. The third-order valence-electron chi connectivity index (χ3n) is 6.22. The molecule has 3 aliphatic rings. The van der Waals surface area contributed by atoms with Gasteiger partial charge in [-0.1, -0.05) is 6.42 Å². The molecule has 1 saturated carbocycles. The van der Waals surface area contributed by atoms with Crippen LogP contribution in [-0.2, 0) is 12.8 Å². The van der Waals surface area contributed by atoms with Crippen molar-refractivity contribution in [2.24, 2.45) is 0 Å². The van der Waals surface area contributed by atoms with E-state index in [9.17, 15) is 10.2 Å². The SMILES string of the molecule is Oc1cc2nc3c(c(NC4CCCCN(C5CC5)C4)c2cc1O)CCC3. The third-order valence-corrected chi connectivity index (χ3v) is 6.22. The number of nitrogens with zero attached hydrogens (tertiary/aromatic N) is 2. The fourth-order valence-corrected chi connectivity index (χ4v) is 4.72. The van der Waals surface area contributed by atoms with Crippen LogP contribution in [-0.4, -0.2) is 45.3 Å². The molecule has 1 saturated heterocycles. The summed E-state index contributed by atoms with van der Waals surface area (Å²) in [6, 6.07) is 4.51. The largest absolute Gasteiger partial charge is 0.504 e. The van der Waals surface area contributed by atoms with E-state index in [2.05, 4.69) is 10.2 Å². The highest BCUT2D eigenvalue weighted by Gasteiger charge is 2.32. The number of nitrogens with one attached hydrogen (secondary N) is 1. The molecule has 0 amide bonds. The summed E-state index contributed by atoms with van der Waals surface area (Å²) in [5, 5.41) is 24.7. The molecule has 0 radical (unpaired) electrons. The van der Waals surface area contributed by atoms with E-state index < -0.39 is 0 Å². The second-order valence-corrected chi connectivity index (χ2v) is 8.19. The lowest BCUT2D eigenvalue weighted by atomic mass is 10.0. The summed E-state index contributed by atoms with van der Waals surface area (Å²) in [5.74, 6) is -0.163. The Balaban J connectivity index is 1.53. The van der Waals surface area contributed by atoms with E-state index in [1.807, 2.05) is 0 Å². The molecule has 2 heterocycles. The number of likely N-dealkylation sites (tertiary alicyclic amines) is 1. The van der Waals surface area contributed by atoms with E-state index in [0.717, 1.165) is 54.1 Å². The summed E-state index contributed by atoms with van der Waals surface area (Å²) in [6.07, 6.45) is 9.62. The predicted octanol–water partition coefficient (Wildman–Crippen LogP) is 3.56. The third kappa shape index (κ3) is 2.88. The molecule has 2 fully saturated rings. The Morgan fingerprint density at radius 2 is 1.85 bits per heavy atom. The first-order valence-corrected chi connectivity index (χ1v) is 10.1. The van der Waals surface area contributed by atoms with Crippen LogP contribution in [0.2, 0.25) is 0 Å². The van der Waals surface area contributed by atoms with Crippen LogP contribution in [0.25, 0.3) is 10.9 Å². The second-order valence-electron chi connectivity index (χ2n) is 8.19. The molecule has 0 bridgehead atoms. The minimum absolute atomic E-state index is 0.0687. The molecule has 2 aliphatic carbocycles. The molecule has 138 valence electrons. The first kappa shape index (κ1) is 16.2. The van der Waals surface area contributed by atoms with E-state index in [-0.39, 0.29) is 11.5 Å². The molecule has 5 rings (SSSR count). The quantitative estimate of drug-likeness (QED) is 0.736. The van der Waals surface area contributed by atoms with Gasteiger partial charge in [-0.15, -0.1) is 0 Å². The summed E-state index contributed by atoms with van der Waals surface area (Å²) >= 11 is 0. The van der Waals surface area contributed by atoms with E-state index >= 15 is 0 Å². The van der Waals surface area contributed by atoms with Crippen LogP contribution in [0.5, 0.6) is 11.5 Å². The summed E-state index contributed by atoms with van der Waals surface area (Å²) < 4.78 is 0. The van der Waals surface area contributed by atoms with Gasteiger partial charge >= 0.3 is 0 Å². The van der Waals surface area contributed by atoms with E-state index in [1.54, 1.807) is 12.1 Å². The van der Waals surface area contributed by atoms with Gasteiger partial charge in [0.2, 0.25) is 0 Å². The molecule has 2 aromatic rings. The van der Waals surface area contributed by atoms with Crippen molar-refractivity contribution in [2.45, 2.75) is 63.5 Å². The molecule has 3 N–H and O–H groups in total. The number of hydrogen-bond donors (Lipinski definition) is 3. The monoisotopic (exact) mass is 353 g/mol. The molecule has 5 nitrogen and oxygen atoms in total. The maximum Gasteiger partial charge on any atom is 0.159 e.